The summed E-state index contributed by atoms with van der Waals surface area (Å²) in [4.78, 5) is 30.0. The molecule has 2 N–H and O–H groups in total. The maximum Gasteiger partial charge on any atom is 0.341 e. The van der Waals surface area contributed by atoms with Gasteiger partial charge in [-0.05, 0) is 19.4 Å². The lowest BCUT2D eigenvalue weighted by Crippen LogP contribution is -2.44. The van der Waals surface area contributed by atoms with Crippen molar-refractivity contribution in [2.75, 3.05) is 31.3 Å². The van der Waals surface area contributed by atoms with Crippen LogP contribution in [0.25, 0.3) is 11.0 Å². The quantitative estimate of drug-likeness (QED) is 0.795. The van der Waals surface area contributed by atoms with Crippen LogP contribution in [0.4, 0.5) is 19.0 Å². The lowest BCUT2D eigenvalue weighted by atomic mass is 10.0. The van der Waals surface area contributed by atoms with E-state index in [9.17, 15) is 27.9 Å². The zero-order chi connectivity index (χ0) is 20.2. The molecule has 4 rings (SSSR count). The molecule has 7 nitrogen and oxygen atoms in total. The smallest absolute Gasteiger partial charge is 0.341 e. The second-order valence-electron chi connectivity index (χ2n) is 7.62. The van der Waals surface area contributed by atoms with Gasteiger partial charge in [-0.15, -0.1) is 0 Å². The molecule has 150 valence electrons. The van der Waals surface area contributed by atoms with E-state index in [4.69, 9.17) is 0 Å². The van der Waals surface area contributed by atoms with Gasteiger partial charge in [-0.2, -0.15) is 0 Å². The van der Waals surface area contributed by atoms with Crippen LogP contribution in [0.2, 0.25) is 0 Å². The van der Waals surface area contributed by atoms with E-state index in [2.05, 4.69) is 10.3 Å². The van der Waals surface area contributed by atoms with E-state index in [0.29, 0.717) is 13.1 Å². The Morgan fingerprint density at radius 2 is 2.14 bits per heavy atom. The number of rotatable bonds is 5. The molecule has 10 heteroatoms. The number of hydrogen-bond acceptors (Lipinski definition) is 5. The summed E-state index contributed by atoms with van der Waals surface area (Å²) in [6, 6.07) is 1.16. The molecule has 4 heterocycles. The van der Waals surface area contributed by atoms with Crippen molar-refractivity contribution in [1.82, 2.24) is 14.9 Å². The summed E-state index contributed by atoms with van der Waals surface area (Å²) in [5.41, 5.74) is -3.55. The number of anilines is 1. The van der Waals surface area contributed by atoms with Gasteiger partial charge in [0.05, 0.1) is 10.9 Å². The van der Waals surface area contributed by atoms with Crippen molar-refractivity contribution in [2.24, 2.45) is 0 Å². The van der Waals surface area contributed by atoms with Crippen LogP contribution in [0.5, 0.6) is 0 Å². The van der Waals surface area contributed by atoms with Crippen molar-refractivity contribution in [2.45, 2.75) is 31.0 Å². The fourth-order valence-electron chi connectivity index (χ4n) is 3.96. The van der Waals surface area contributed by atoms with Crippen molar-refractivity contribution in [1.29, 1.82) is 0 Å². The van der Waals surface area contributed by atoms with Crippen molar-refractivity contribution >= 4 is 22.8 Å². The highest BCUT2D eigenvalue weighted by Gasteiger charge is 2.40. The average molecular weight is 396 g/mol. The fourth-order valence-corrected chi connectivity index (χ4v) is 3.96. The number of carboxylic acids is 1. The molecule has 0 aromatic carbocycles. The summed E-state index contributed by atoms with van der Waals surface area (Å²) >= 11 is 0. The lowest BCUT2D eigenvalue weighted by Gasteiger charge is -2.31. The third-order valence-electron chi connectivity index (χ3n) is 5.63. The van der Waals surface area contributed by atoms with Gasteiger partial charge in [-0.1, -0.05) is 0 Å². The molecule has 0 saturated carbocycles. The topological polar surface area (TPSA) is 87.5 Å². The van der Waals surface area contributed by atoms with Crippen molar-refractivity contribution in [3.63, 3.8) is 0 Å². The molecule has 2 atom stereocenters. The summed E-state index contributed by atoms with van der Waals surface area (Å²) in [6.07, 6.45) is 1.72. The van der Waals surface area contributed by atoms with Crippen molar-refractivity contribution < 1.29 is 23.1 Å². The molecule has 2 fully saturated rings. The van der Waals surface area contributed by atoms with E-state index < -0.39 is 41.7 Å². The van der Waals surface area contributed by atoms with Crippen LogP contribution >= 0.6 is 0 Å². The highest BCUT2D eigenvalue weighted by Crippen LogP contribution is 2.32. The SMILES string of the molecule is CC(CF)(CF)n1cc(C(=O)O)c(=O)c2cc(F)c(N3CC4CC3CN4)nc21. The number of nitrogens with one attached hydrogen (secondary N) is 1. The lowest BCUT2D eigenvalue weighted by molar-refractivity contribution is 0.0693. The predicted molar refractivity (Wildman–Crippen MR) is 96.1 cm³/mol. The number of carboxylic acid groups (broad SMARTS) is 1. The highest BCUT2D eigenvalue weighted by atomic mass is 19.1. The van der Waals surface area contributed by atoms with Crippen LogP contribution in [-0.4, -0.2) is 59.1 Å². The average Bonchev–Trinajstić information content (AvgIpc) is 3.31. The number of aromatic carboxylic acids is 1. The fraction of sp³-hybridized carbons (Fsp3) is 0.500. The first-order chi connectivity index (χ1) is 13.3. The van der Waals surface area contributed by atoms with Gasteiger partial charge in [-0.25, -0.2) is 22.9 Å². The Balaban J connectivity index is 2.00. The standard InChI is InChI=1S/C18H19F3N4O3/c1-18(7-19,8-20)25-6-12(17(27)28)14(26)11-3-13(21)16(23-15(11)25)24-5-9-2-10(24)4-22-9/h3,6,9-10,22H,2,4-5,7-8H2,1H3,(H,27,28). The van der Waals surface area contributed by atoms with Gasteiger partial charge in [0.1, 0.15) is 24.6 Å². The zero-order valence-corrected chi connectivity index (χ0v) is 15.1. The molecule has 2 aromatic rings. The molecular formula is C18H19F3N4O3. The summed E-state index contributed by atoms with van der Waals surface area (Å²) in [5, 5.41) is 12.3. The van der Waals surface area contributed by atoms with Crippen molar-refractivity contribution in [3.05, 3.63) is 33.9 Å². The summed E-state index contributed by atoms with van der Waals surface area (Å²) in [6.45, 7) is 0.123. The van der Waals surface area contributed by atoms with Gasteiger partial charge in [0, 0.05) is 31.4 Å². The first-order valence-corrected chi connectivity index (χ1v) is 8.90. The molecule has 2 aliphatic heterocycles. The zero-order valence-electron chi connectivity index (χ0n) is 15.1. The highest BCUT2D eigenvalue weighted by molar-refractivity contribution is 5.92. The molecule has 0 radical (unpaired) electrons. The predicted octanol–water partition coefficient (Wildman–Crippen LogP) is 1.44. The molecule has 2 unspecified atom stereocenters. The third kappa shape index (κ3) is 2.66. The molecule has 2 aliphatic rings. The number of carbonyl (C=O) groups is 1. The third-order valence-corrected chi connectivity index (χ3v) is 5.63. The monoisotopic (exact) mass is 396 g/mol. The minimum atomic E-state index is -1.77. The number of nitrogens with zero attached hydrogens (tertiary/aromatic N) is 3. The minimum absolute atomic E-state index is 0.00205. The Morgan fingerprint density at radius 3 is 2.68 bits per heavy atom. The van der Waals surface area contributed by atoms with E-state index in [1.54, 1.807) is 4.90 Å². The van der Waals surface area contributed by atoms with E-state index in [1.807, 2.05) is 0 Å². The molecular weight excluding hydrogens is 377 g/mol. The van der Waals surface area contributed by atoms with E-state index in [0.717, 1.165) is 23.3 Å². The molecule has 2 saturated heterocycles. The van der Waals surface area contributed by atoms with Crippen LogP contribution in [-0.2, 0) is 5.54 Å². The maximum atomic E-state index is 14.8. The summed E-state index contributed by atoms with van der Waals surface area (Å²) in [5.74, 6) is -2.33. The van der Waals surface area contributed by atoms with Crippen LogP contribution in [0, 0.1) is 5.82 Å². The summed E-state index contributed by atoms with van der Waals surface area (Å²) in [7, 11) is 0. The number of hydrogen-bond donors (Lipinski definition) is 2. The Hall–Kier alpha value is -2.62. The molecule has 2 bridgehead atoms. The first kappa shape index (κ1) is 18.7. The largest absolute Gasteiger partial charge is 0.477 e. The number of alkyl halides is 2. The number of fused-ring (bicyclic) bond motifs is 3. The van der Waals surface area contributed by atoms with Crippen molar-refractivity contribution in [3.8, 4) is 0 Å². The van der Waals surface area contributed by atoms with E-state index in [-0.39, 0.29) is 28.9 Å². The van der Waals surface area contributed by atoms with Gasteiger partial charge >= 0.3 is 5.97 Å². The van der Waals surface area contributed by atoms with Crippen LogP contribution < -0.4 is 15.6 Å². The molecule has 28 heavy (non-hydrogen) atoms. The second kappa shape index (κ2) is 6.47. The van der Waals surface area contributed by atoms with E-state index in [1.165, 1.54) is 6.92 Å². The molecule has 2 aromatic heterocycles. The number of aromatic nitrogens is 2. The minimum Gasteiger partial charge on any atom is -0.477 e. The van der Waals surface area contributed by atoms with Gasteiger partial charge in [-0.3, -0.25) is 4.79 Å². The molecule has 0 amide bonds. The van der Waals surface area contributed by atoms with E-state index >= 15 is 0 Å². The van der Waals surface area contributed by atoms with Gasteiger partial charge in [0.15, 0.2) is 11.6 Å². The van der Waals surface area contributed by atoms with Crippen LogP contribution in [0.3, 0.4) is 0 Å². The Morgan fingerprint density at radius 1 is 1.43 bits per heavy atom. The number of halogens is 3. The Bertz CT molecular complexity index is 1020. The maximum absolute atomic E-state index is 14.8. The molecule has 0 spiro atoms. The van der Waals surface area contributed by atoms with Gasteiger partial charge < -0.3 is 19.9 Å². The number of piperazine rings is 1. The number of pyridine rings is 2. The Kier molecular flexibility index (Phi) is 4.33. The van der Waals surface area contributed by atoms with Gasteiger partial charge in [0.25, 0.3) is 0 Å². The molecule has 0 aliphatic carbocycles. The second-order valence-corrected chi connectivity index (χ2v) is 7.62. The Labute approximate surface area is 157 Å². The van der Waals surface area contributed by atoms with Crippen LogP contribution in [0.15, 0.2) is 17.1 Å². The van der Waals surface area contributed by atoms with Crippen LogP contribution in [0.1, 0.15) is 23.7 Å². The van der Waals surface area contributed by atoms with Gasteiger partial charge in [0.2, 0.25) is 5.43 Å². The normalized spacial score (nSPS) is 21.6. The summed E-state index contributed by atoms with van der Waals surface area (Å²) < 4.78 is 43.2. The first-order valence-electron chi connectivity index (χ1n) is 8.90.